The maximum Gasteiger partial charge on any atom is 0.319 e. The molecule has 0 radical (unpaired) electrons. The minimum absolute atomic E-state index is 0.199. The van der Waals surface area contributed by atoms with Crippen molar-refractivity contribution in [2.75, 3.05) is 18.4 Å². The van der Waals surface area contributed by atoms with Crippen molar-refractivity contribution in [3.63, 3.8) is 0 Å². The minimum atomic E-state index is -0.199. The number of carbonyl (C=O) groups is 1. The largest absolute Gasteiger partial charge is 0.337 e. The Balaban J connectivity index is 1.92. The van der Waals surface area contributed by atoms with E-state index >= 15 is 0 Å². The van der Waals surface area contributed by atoms with Gasteiger partial charge in [0.05, 0.1) is 11.2 Å². The summed E-state index contributed by atoms with van der Waals surface area (Å²) in [5, 5.41) is 6.81. The van der Waals surface area contributed by atoms with E-state index in [2.05, 4.69) is 48.2 Å². The maximum atomic E-state index is 12.1. The Morgan fingerprint density at radius 2 is 1.83 bits per heavy atom. The van der Waals surface area contributed by atoms with Gasteiger partial charge in [0.15, 0.2) is 0 Å². The molecular formula is C18H26N4O. The minimum Gasteiger partial charge on any atom is -0.337 e. The zero-order valence-electron chi connectivity index (χ0n) is 14.3. The summed E-state index contributed by atoms with van der Waals surface area (Å²) in [6.07, 6.45) is 1.73. The number of carbonyl (C=O) groups excluding carboxylic acids is 1. The molecule has 0 aliphatic carbocycles. The number of benzene rings is 1. The van der Waals surface area contributed by atoms with Crippen LogP contribution in [0.3, 0.4) is 0 Å². The van der Waals surface area contributed by atoms with Crippen LogP contribution in [-0.4, -0.2) is 41.1 Å². The first-order valence-electron chi connectivity index (χ1n) is 8.13. The molecule has 2 amide bonds. The van der Waals surface area contributed by atoms with Crippen molar-refractivity contribution in [3.05, 3.63) is 36.5 Å². The van der Waals surface area contributed by atoms with Crippen LogP contribution >= 0.6 is 0 Å². The maximum absolute atomic E-state index is 12.1. The van der Waals surface area contributed by atoms with Gasteiger partial charge in [-0.25, -0.2) is 4.79 Å². The number of hydrogen-bond acceptors (Lipinski definition) is 3. The molecule has 1 aromatic carbocycles. The second-order valence-electron chi connectivity index (χ2n) is 6.19. The highest BCUT2D eigenvalue weighted by Gasteiger charge is 2.13. The summed E-state index contributed by atoms with van der Waals surface area (Å²) in [5.41, 5.74) is 1.53. The van der Waals surface area contributed by atoms with E-state index in [1.807, 2.05) is 30.3 Å². The number of urea groups is 1. The number of amides is 2. The van der Waals surface area contributed by atoms with Crippen LogP contribution in [0.15, 0.2) is 36.5 Å². The van der Waals surface area contributed by atoms with Crippen LogP contribution in [0, 0.1) is 0 Å². The van der Waals surface area contributed by atoms with Crippen molar-refractivity contribution >= 4 is 22.6 Å². The van der Waals surface area contributed by atoms with Crippen LogP contribution in [0.1, 0.15) is 27.7 Å². The molecule has 1 heterocycles. The Morgan fingerprint density at radius 3 is 2.52 bits per heavy atom. The third-order valence-electron chi connectivity index (χ3n) is 3.86. The number of nitrogens with zero attached hydrogens (tertiary/aromatic N) is 2. The number of rotatable bonds is 6. The summed E-state index contributed by atoms with van der Waals surface area (Å²) in [7, 11) is 0. The first-order valence-corrected chi connectivity index (χ1v) is 8.13. The van der Waals surface area contributed by atoms with Gasteiger partial charge in [-0.1, -0.05) is 18.2 Å². The predicted octanol–water partition coefficient (Wildman–Crippen LogP) is 3.48. The highest BCUT2D eigenvalue weighted by molar-refractivity contribution is 5.99. The normalized spacial score (nSPS) is 11.4. The Hall–Kier alpha value is -2.14. The number of aromatic nitrogens is 1. The second-order valence-corrected chi connectivity index (χ2v) is 6.19. The quantitative estimate of drug-likeness (QED) is 0.858. The molecule has 0 aliphatic heterocycles. The Labute approximate surface area is 138 Å². The molecule has 0 fully saturated rings. The SMILES string of the molecule is CC(C)N(CCNC(=O)Nc1cccc2cccnc12)C(C)C. The van der Waals surface area contributed by atoms with Crippen LogP contribution in [0.5, 0.6) is 0 Å². The van der Waals surface area contributed by atoms with E-state index in [0.29, 0.717) is 18.6 Å². The van der Waals surface area contributed by atoms with Crippen LogP contribution < -0.4 is 10.6 Å². The number of hydrogen-bond donors (Lipinski definition) is 2. The van der Waals surface area contributed by atoms with Crippen LogP contribution in [0.25, 0.3) is 10.9 Å². The smallest absolute Gasteiger partial charge is 0.319 e. The summed E-state index contributed by atoms with van der Waals surface area (Å²) < 4.78 is 0. The van der Waals surface area contributed by atoms with Crippen molar-refractivity contribution in [2.45, 2.75) is 39.8 Å². The molecule has 5 heteroatoms. The van der Waals surface area contributed by atoms with Gasteiger partial charge in [-0.3, -0.25) is 9.88 Å². The fourth-order valence-electron chi connectivity index (χ4n) is 2.78. The first kappa shape index (κ1) is 17.2. The molecule has 1 aromatic heterocycles. The zero-order chi connectivity index (χ0) is 16.8. The van der Waals surface area contributed by atoms with E-state index in [1.165, 1.54) is 0 Å². The highest BCUT2D eigenvalue weighted by atomic mass is 16.2. The van der Waals surface area contributed by atoms with E-state index in [1.54, 1.807) is 6.20 Å². The van der Waals surface area contributed by atoms with Crippen LogP contribution in [0.2, 0.25) is 0 Å². The van der Waals surface area contributed by atoms with Crippen LogP contribution in [0.4, 0.5) is 10.5 Å². The Morgan fingerprint density at radius 1 is 1.13 bits per heavy atom. The molecule has 5 nitrogen and oxygen atoms in total. The summed E-state index contributed by atoms with van der Waals surface area (Å²) in [6, 6.07) is 10.4. The fraction of sp³-hybridized carbons (Fsp3) is 0.444. The fourth-order valence-corrected chi connectivity index (χ4v) is 2.78. The molecule has 0 bridgehead atoms. The monoisotopic (exact) mass is 314 g/mol. The second kappa shape index (κ2) is 7.92. The van der Waals surface area contributed by atoms with E-state index in [4.69, 9.17) is 0 Å². The van der Waals surface area contributed by atoms with Gasteiger partial charge < -0.3 is 10.6 Å². The van der Waals surface area contributed by atoms with Gasteiger partial charge in [0.2, 0.25) is 0 Å². The molecule has 2 rings (SSSR count). The molecule has 23 heavy (non-hydrogen) atoms. The van der Waals surface area contributed by atoms with E-state index in [9.17, 15) is 4.79 Å². The zero-order valence-corrected chi connectivity index (χ0v) is 14.3. The molecule has 0 unspecified atom stereocenters. The molecule has 0 saturated carbocycles. The third-order valence-corrected chi connectivity index (χ3v) is 3.86. The van der Waals surface area contributed by atoms with Crippen molar-refractivity contribution < 1.29 is 4.79 Å². The average Bonchev–Trinajstić information content (AvgIpc) is 2.51. The third kappa shape index (κ3) is 4.66. The topological polar surface area (TPSA) is 57.3 Å². The number of pyridine rings is 1. The molecule has 124 valence electrons. The van der Waals surface area contributed by atoms with Gasteiger partial charge in [-0.15, -0.1) is 0 Å². The lowest BCUT2D eigenvalue weighted by atomic mass is 10.2. The van der Waals surface area contributed by atoms with Crippen LogP contribution in [-0.2, 0) is 0 Å². The van der Waals surface area contributed by atoms with Crippen molar-refractivity contribution in [3.8, 4) is 0 Å². The summed E-state index contributed by atoms with van der Waals surface area (Å²) >= 11 is 0. The molecule has 0 spiro atoms. The standard InChI is InChI=1S/C18H26N4O/c1-13(2)22(14(3)4)12-11-20-18(23)21-16-9-5-7-15-8-6-10-19-17(15)16/h5-10,13-14H,11-12H2,1-4H3,(H2,20,21,23). The molecule has 2 N–H and O–H groups in total. The molecule has 2 aromatic rings. The number of fused-ring (bicyclic) bond motifs is 1. The lowest BCUT2D eigenvalue weighted by molar-refractivity contribution is 0.176. The lowest BCUT2D eigenvalue weighted by Crippen LogP contribution is -2.43. The van der Waals surface area contributed by atoms with Crippen molar-refractivity contribution in [2.24, 2.45) is 0 Å². The highest BCUT2D eigenvalue weighted by Crippen LogP contribution is 2.20. The van der Waals surface area contributed by atoms with E-state index in [-0.39, 0.29) is 6.03 Å². The molecule has 0 atom stereocenters. The predicted molar refractivity (Wildman–Crippen MR) is 95.7 cm³/mol. The summed E-state index contributed by atoms with van der Waals surface area (Å²) in [5.74, 6) is 0. The lowest BCUT2D eigenvalue weighted by Gasteiger charge is -2.30. The number of nitrogens with one attached hydrogen (secondary N) is 2. The summed E-state index contributed by atoms with van der Waals surface area (Å²) in [4.78, 5) is 18.8. The summed E-state index contributed by atoms with van der Waals surface area (Å²) in [6.45, 7) is 10.1. The van der Waals surface area contributed by atoms with Gasteiger partial charge >= 0.3 is 6.03 Å². The Bertz CT molecular complexity index is 641. The van der Waals surface area contributed by atoms with Gasteiger partial charge in [-0.2, -0.15) is 0 Å². The van der Waals surface area contributed by atoms with E-state index in [0.717, 1.165) is 23.1 Å². The molecule has 0 aliphatic rings. The number of anilines is 1. The molecule has 0 saturated heterocycles. The molecular weight excluding hydrogens is 288 g/mol. The van der Waals surface area contributed by atoms with Gasteiger partial charge in [0.25, 0.3) is 0 Å². The van der Waals surface area contributed by atoms with Crippen molar-refractivity contribution in [1.29, 1.82) is 0 Å². The average molecular weight is 314 g/mol. The number of para-hydroxylation sites is 1. The van der Waals surface area contributed by atoms with Gasteiger partial charge in [0, 0.05) is 36.8 Å². The Kier molecular flexibility index (Phi) is 5.93. The van der Waals surface area contributed by atoms with Gasteiger partial charge in [-0.05, 0) is 39.8 Å². The first-order chi connectivity index (χ1) is 11.0. The van der Waals surface area contributed by atoms with Crippen molar-refractivity contribution in [1.82, 2.24) is 15.2 Å². The van der Waals surface area contributed by atoms with Gasteiger partial charge in [0.1, 0.15) is 0 Å². The van der Waals surface area contributed by atoms with E-state index < -0.39 is 0 Å².